The van der Waals surface area contributed by atoms with Crippen LogP contribution in [0, 0.1) is 0 Å². The van der Waals surface area contributed by atoms with Gasteiger partial charge < -0.3 is 5.11 Å². The molecule has 1 aromatic carbocycles. The third kappa shape index (κ3) is 3.96. The number of benzene rings is 1. The average Bonchev–Trinajstić information content (AvgIpc) is 2.18. The van der Waals surface area contributed by atoms with Crippen molar-refractivity contribution >= 4 is 15.9 Å². The van der Waals surface area contributed by atoms with Crippen molar-refractivity contribution < 1.29 is 5.11 Å². The van der Waals surface area contributed by atoms with Crippen molar-refractivity contribution in [3.63, 3.8) is 0 Å². The fraction of sp³-hybridized carbons (Fsp3) is 0.538. The molecule has 1 atom stereocenters. The van der Waals surface area contributed by atoms with Crippen LogP contribution in [-0.2, 0) is 5.60 Å². The highest BCUT2D eigenvalue weighted by Crippen LogP contribution is 2.28. The van der Waals surface area contributed by atoms with Crippen molar-refractivity contribution in [2.24, 2.45) is 0 Å². The summed E-state index contributed by atoms with van der Waals surface area (Å²) >= 11 is 3.43. The fourth-order valence-corrected chi connectivity index (χ4v) is 2.09. The number of unbranched alkanes of at least 4 members (excludes halogenated alkanes) is 2. The lowest BCUT2D eigenvalue weighted by Crippen LogP contribution is -2.20. The predicted molar refractivity (Wildman–Crippen MR) is 67.9 cm³/mol. The lowest BCUT2D eigenvalue weighted by Gasteiger charge is -2.24. The van der Waals surface area contributed by atoms with Crippen molar-refractivity contribution in [3.05, 3.63) is 34.3 Å². The summed E-state index contributed by atoms with van der Waals surface area (Å²) in [5.74, 6) is 0. The minimum absolute atomic E-state index is 0.695. The molecule has 0 amide bonds. The monoisotopic (exact) mass is 270 g/mol. The molecule has 1 rings (SSSR count). The van der Waals surface area contributed by atoms with E-state index in [1.54, 1.807) is 0 Å². The largest absolute Gasteiger partial charge is 0.385 e. The van der Waals surface area contributed by atoms with Gasteiger partial charge in [-0.1, -0.05) is 54.2 Å². The van der Waals surface area contributed by atoms with Crippen LogP contribution in [0.25, 0.3) is 0 Å². The summed E-state index contributed by atoms with van der Waals surface area (Å²) in [6.07, 6.45) is 4.28. The topological polar surface area (TPSA) is 20.2 Å². The molecule has 0 aliphatic rings. The van der Waals surface area contributed by atoms with Gasteiger partial charge >= 0.3 is 0 Å². The molecule has 2 heteroatoms. The maximum atomic E-state index is 10.3. The van der Waals surface area contributed by atoms with Gasteiger partial charge in [-0.2, -0.15) is 0 Å². The van der Waals surface area contributed by atoms with Gasteiger partial charge in [0.2, 0.25) is 0 Å². The average molecular weight is 271 g/mol. The molecule has 1 unspecified atom stereocenters. The van der Waals surface area contributed by atoms with Crippen LogP contribution in [0.1, 0.15) is 45.1 Å². The summed E-state index contributed by atoms with van der Waals surface area (Å²) in [6.45, 7) is 4.07. The highest BCUT2D eigenvalue weighted by molar-refractivity contribution is 9.10. The molecule has 1 nitrogen and oxygen atoms in total. The molecule has 0 aliphatic carbocycles. The molecule has 0 heterocycles. The van der Waals surface area contributed by atoms with Gasteiger partial charge in [0.05, 0.1) is 5.60 Å². The summed E-state index contributed by atoms with van der Waals surface area (Å²) in [7, 11) is 0. The van der Waals surface area contributed by atoms with E-state index in [4.69, 9.17) is 0 Å². The third-order valence-corrected chi connectivity index (χ3v) is 3.21. The molecule has 0 radical (unpaired) electrons. The van der Waals surface area contributed by atoms with E-state index in [-0.39, 0.29) is 0 Å². The quantitative estimate of drug-likeness (QED) is 0.794. The number of hydrogen-bond donors (Lipinski definition) is 1. The number of aliphatic hydroxyl groups is 1. The second-order valence-electron chi connectivity index (χ2n) is 4.24. The van der Waals surface area contributed by atoms with Gasteiger partial charge in [0.15, 0.2) is 0 Å². The molecule has 0 aromatic heterocycles. The van der Waals surface area contributed by atoms with Gasteiger partial charge in [-0.3, -0.25) is 0 Å². The van der Waals surface area contributed by atoms with Gasteiger partial charge in [0.1, 0.15) is 0 Å². The van der Waals surface area contributed by atoms with E-state index in [9.17, 15) is 5.11 Å². The second kappa shape index (κ2) is 5.66. The van der Waals surface area contributed by atoms with Crippen LogP contribution in [-0.4, -0.2) is 5.11 Å². The number of rotatable bonds is 5. The Morgan fingerprint density at radius 3 is 2.67 bits per heavy atom. The zero-order valence-corrected chi connectivity index (χ0v) is 11.0. The molecule has 1 aromatic rings. The molecular formula is C13H19BrO. The Bertz CT molecular complexity index is 307. The zero-order valence-electron chi connectivity index (χ0n) is 9.46. The van der Waals surface area contributed by atoms with Gasteiger partial charge in [-0.15, -0.1) is 0 Å². The normalized spacial score (nSPS) is 14.9. The van der Waals surface area contributed by atoms with E-state index in [2.05, 4.69) is 22.9 Å². The first-order chi connectivity index (χ1) is 7.06. The first-order valence-corrected chi connectivity index (χ1v) is 6.34. The Kier molecular flexibility index (Phi) is 4.81. The molecule has 1 N–H and O–H groups in total. The van der Waals surface area contributed by atoms with Crippen molar-refractivity contribution in [2.75, 3.05) is 0 Å². The maximum Gasteiger partial charge on any atom is 0.0868 e. The predicted octanol–water partition coefficient (Wildman–Crippen LogP) is 4.24. The smallest absolute Gasteiger partial charge is 0.0868 e. The summed E-state index contributed by atoms with van der Waals surface area (Å²) in [6, 6.07) is 7.92. The standard InChI is InChI=1S/C13H19BrO/c1-3-4-5-9-13(2,15)11-7-6-8-12(14)10-11/h6-8,10,15H,3-5,9H2,1-2H3. The Balaban J connectivity index is 2.67. The lowest BCUT2D eigenvalue weighted by molar-refractivity contribution is 0.0449. The minimum Gasteiger partial charge on any atom is -0.385 e. The van der Waals surface area contributed by atoms with E-state index in [0.717, 1.165) is 22.9 Å². The van der Waals surface area contributed by atoms with E-state index in [1.807, 2.05) is 31.2 Å². The van der Waals surface area contributed by atoms with Crippen LogP contribution in [0.5, 0.6) is 0 Å². The van der Waals surface area contributed by atoms with Gasteiger partial charge in [0.25, 0.3) is 0 Å². The maximum absolute atomic E-state index is 10.3. The van der Waals surface area contributed by atoms with Gasteiger partial charge in [0, 0.05) is 4.47 Å². The summed E-state index contributed by atoms with van der Waals surface area (Å²) in [5.41, 5.74) is 0.298. The van der Waals surface area contributed by atoms with E-state index < -0.39 is 5.60 Å². The molecule has 84 valence electrons. The molecule has 0 spiro atoms. The molecule has 0 saturated carbocycles. The Labute approximate surface area is 101 Å². The van der Waals surface area contributed by atoms with Crippen LogP contribution in [0.4, 0.5) is 0 Å². The SMILES string of the molecule is CCCCCC(C)(O)c1cccc(Br)c1. The van der Waals surface area contributed by atoms with Crippen LogP contribution in [0.2, 0.25) is 0 Å². The summed E-state index contributed by atoms with van der Waals surface area (Å²) in [4.78, 5) is 0. The molecule has 0 saturated heterocycles. The van der Waals surface area contributed by atoms with Crippen molar-refractivity contribution in [1.29, 1.82) is 0 Å². The molecule has 15 heavy (non-hydrogen) atoms. The van der Waals surface area contributed by atoms with Gasteiger partial charge in [-0.25, -0.2) is 0 Å². The fourth-order valence-electron chi connectivity index (χ4n) is 1.69. The summed E-state index contributed by atoms with van der Waals surface area (Å²) in [5, 5.41) is 10.3. The Morgan fingerprint density at radius 1 is 1.33 bits per heavy atom. The lowest BCUT2D eigenvalue weighted by atomic mass is 9.90. The first kappa shape index (κ1) is 12.7. The number of halogens is 1. The highest BCUT2D eigenvalue weighted by Gasteiger charge is 2.22. The van der Waals surface area contributed by atoms with Crippen LogP contribution in [0.15, 0.2) is 28.7 Å². The number of hydrogen-bond acceptors (Lipinski definition) is 1. The highest BCUT2D eigenvalue weighted by atomic mass is 79.9. The molecule has 0 fully saturated rings. The molecular weight excluding hydrogens is 252 g/mol. The zero-order chi connectivity index (χ0) is 11.3. The molecule has 0 bridgehead atoms. The Morgan fingerprint density at radius 2 is 2.07 bits per heavy atom. The third-order valence-electron chi connectivity index (χ3n) is 2.71. The van der Waals surface area contributed by atoms with Gasteiger partial charge in [-0.05, 0) is 31.0 Å². The van der Waals surface area contributed by atoms with E-state index in [1.165, 1.54) is 12.8 Å². The van der Waals surface area contributed by atoms with Crippen LogP contribution < -0.4 is 0 Å². The minimum atomic E-state index is -0.695. The van der Waals surface area contributed by atoms with E-state index in [0.29, 0.717) is 0 Å². The first-order valence-electron chi connectivity index (χ1n) is 5.54. The van der Waals surface area contributed by atoms with Crippen LogP contribution in [0.3, 0.4) is 0 Å². The van der Waals surface area contributed by atoms with Crippen molar-refractivity contribution in [3.8, 4) is 0 Å². The Hall–Kier alpha value is -0.340. The van der Waals surface area contributed by atoms with Crippen LogP contribution >= 0.6 is 15.9 Å². The van der Waals surface area contributed by atoms with Crippen molar-refractivity contribution in [2.45, 2.75) is 45.1 Å². The molecule has 0 aliphatic heterocycles. The summed E-state index contributed by atoms with van der Waals surface area (Å²) < 4.78 is 1.02. The van der Waals surface area contributed by atoms with Crippen molar-refractivity contribution in [1.82, 2.24) is 0 Å². The second-order valence-corrected chi connectivity index (χ2v) is 5.16. The van der Waals surface area contributed by atoms with E-state index >= 15 is 0 Å².